The zero-order chi connectivity index (χ0) is 23.0. The van der Waals surface area contributed by atoms with Gasteiger partial charge in [0.05, 0.1) is 6.61 Å². The van der Waals surface area contributed by atoms with Crippen molar-refractivity contribution in [3.8, 4) is 0 Å². The summed E-state index contributed by atoms with van der Waals surface area (Å²) < 4.78 is 6.24. The van der Waals surface area contributed by atoms with Gasteiger partial charge < -0.3 is 15.0 Å². The van der Waals surface area contributed by atoms with Crippen LogP contribution in [0.25, 0.3) is 0 Å². The summed E-state index contributed by atoms with van der Waals surface area (Å²) in [6, 6.07) is 16.1. The van der Waals surface area contributed by atoms with Crippen molar-refractivity contribution < 1.29 is 19.1 Å². The summed E-state index contributed by atoms with van der Waals surface area (Å²) in [4.78, 5) is 43.2. The fourth-order valence-corrected chi connectivity index (χ4v) is 4.85. The highest BCUT2D eigenvalue weighted by molar-refractivity contribution is 5.99. The molecule has 3 aliphatic rings. The molecule has 1 spiro atoms. The molecule has 1 atom stereocenters. The lowest BCUT2D eigenvalue weighted by molar-refractivity contribution is -0.128. The number of aryl methyl sites for hydroxylation is 1. The highest BCUT2D eigenvalue weighted by Gasteiger charge is 2.54. The van der Waals surface area contributed by atoms with Crippen molar-refractivity contribution in [3.05, 3.63) is 71.3 Å². The standard InChI is InChI=1S/C26H29N3O4/c1-18-7-5-6-10-21(18)25(32)28-15-13-26(14-16-28)29(24(31)19-8-3-2-4-9-19)22(17-33-26)23(30)27-20-11-12-20/h2-10,20,22H,11-17H2,1H3,(H,27,30)/t22-/m1/s1. The largest absolute Gasteiger partial charge is 0.353 e. The molecule has 2 heterocycles. The monoisotopic (exact) mass is 447 g/mol. The number of piperidine rings is 1. The number of nitrogens with one attached hydrogen (secondary N) is 1. The number of carbonyl (C=O) groups excluding carboxylic acids is 3. The van der Waals surface area contributed by atoms with E-state index in [0.717, 1.165) is 18.4 Å². The fourth-order valence-electron chi connectivity index (χ4n) is 4.85. The van der Waals surface area contributed by atoms with Crippen LogP contribution in [0.4, 0.5) is 0 Å². The molecule has 7 heteroatoms. The van der Waals surface area contributed by atoms with E-state index in [4.69, 9.17) is 4.74 Å². The molecule has 3 amide bonds. The van der Waals surface area contributed by atoms with E-state index >= 15 is 0 Å². The van der Waals surface area contributed by atoms with Crippen LogP contribution in [0.15, 0.2) is 54.6 Å². The van der Waals surface area contributed by atoms with Crippen LogP contribution < -0.4 is 5.32 Å². The Morgan fingerprint density at radius 2 is 1.61 bits per heavy atom. The third-order valence-electron chi connectivity index (χ3n) is 6.93. The van der Waals surface area contributed by atoms with Crippen LogP contribution in [0.3, 0.4) is 0 Å². The molecule has 7 nitrogen and oxygen atoms in total. The number of carbonyl (C=O) groups is 3. The van der Waals surface area contributed by atoms with Gasteiger partial charge in [0.15, 0.2) is 0 Å². The number of hydrogen-bond acceptors (Lipinski definition) is 4. The number of benzene rings is 2. The lowest BCUT2D eigenvalue weighted by atomic mass is 9.95. The Labute approximate surface area is 193 Å². The van der Waals surface area contributed by atoms with Gasteiger partial charge in [0.25, 0.3) is 11.8 Å². The first-order chi connectivity index (χ1) is 16.0. The summed E-state index contributed by atoms with van der Waals surface area (Å²) in [5, 5.41) is 3.03. The van der Waals surface area contributed by atoms with Gasteiger partial charge in [0.2, 0.25) is 5.91 Å². The second-order valence-electron chi connectivity index (χ2n) is 9.20. The zero-order valence-corrected chi connectivity index (χ0v) is 18.8. The molecule has 33 heavy (non-hydrogen) atoms. The summed E-state index contributed by atoms with van der Waals surface area (Å²) in [6.45, 7) is 3.02. The highest BCUT2D eigenvalue weighted by atomic mass is 16.5. The minimum absolute atomic E-state index is 0.00934. The minimum Gasteiger partial charge on any atom is -0.353 e. The van der Waals surface area contributed by atoms with Gasteiger partial charge in [-0.2, -0.15) is 0 Å². The molecule has 0 radical (unpaired) electrons. The van der Waals surface area contributed by atoms with E-state index in [1.54, 1.807) is 17.0 Å². The Bertz CT molecular complexity index is 1060. The molecule has 0 bridgehead atoms. The fraction of sp³-hybridized carbons (Fsp3) is 0.423. The Kier molecular flexibility index (Phi) is 5.66. The number of amides is 3. The molecule has 2 aromatic rings. The van der Waals surface area contributed by atoms with Crippen molar-refractivity contribution in [2.24, 2.45) is 0 Å². The molecule has 0 unspecified atom stereocenters. The van der Waals surface area contributed by atoms with Crippen molar-refractivity contribution >= 4 is 17.7 Å². The highest BCUT2D eigenvalue weighted by Crippen LogP contribution is 2.39. The van der Waals surface area contributed by atoms with Gasteiger partial charge in [-0.1, -0.05) is 36.4 Å². The average molecular weight is 448 g/mol. The van der Waals surface area contributed by atoms with Crippen LogP contribution in [0.5, 0.6) is 0 Å². The van der Waals surface area contributed by atoms with Gasteiger partial charge >= 0.3 is 0 Å². The molecular weight excluding hydrogens is 418 g/mol. The first-order valence-electron chi connectivity index (χ1n) is 11.7. The van der Waals surface area contributed by atoms with Gasteiger partial charge in [-0.3, -0.25) is 19.3 Å². The Balaban J connectivity index is 1.38. The molecule has 2 aliphatic heterocycles. The third kappa shape index (κ3) is 4.13. The Morgan fingerprint density at radius 1 is 0.939 bits per heavy atom. The molecule has 1 aliphatic carbocycles. The predicted octanol–water partition coefficient (Wildman–Crippen LogP) is 2.75. The molecule has 2 saturated heterocycles. The molecule has 1 saturated carbocycles. The maximum Gasteiger partial charge on any atom is 0.256 e. The summed E-state index contributed by atoms with van der Waals surface area (Å²) in [5.74, 6) is -0.371. The SMILES string of the molecule is Cc1ccccc1C(=O)N1CCC2(CC1)OC[C@H](C(=O)NC1CC1)N2C(=O)c1ccccc1. The van der Waals surface area contributed by atoms with Crippen molar-refractivity contribution in [1.29, 1.82) is 0 Å². The van der Waals surface area contributed by atoms with E-state index in [1.165, 1.54) is 0 Å². The second kappa shape index (κ2) is 8.63. The summed E-state index contributed by atoms with van der Waals surface area (Å²) in [7, 11) is 0. The van der Waals surface area contributed by atoms with Crippen LogP contribution in [-0.4, -0.2) is 65.0 Å². The predicted molar refractivity (Wildman–Crippen MR) is 123 cm³/mol. The maximum absolute atomic E-state index is 13.6. The van der Waals surface area contributed by atoms with E-state index in [2.05, 4.69) is 5.32 Å². The van der Waals surface area contributed by atoms with Crippen LogP contribution in [-0.2, 0) is 9.53 Å². The van der Waals surface area contributed by atoms with Crippen molar-refractivity contribution in [2.75, 3.05) is 19.7 Å². The molecule has 3 fully saturated rings. The van der Waals surface area contributed by atoms with E-state index in [0.29, 0.717) is 37.1 Å². The normalized spacial score (nSPS) is 21.8. The molecule has 2 aromatic carbocycles. The maximum atomic E-state index is 13.6. The summed E-state index contributed by atoms with van der Waals surface area (Å²) in [5.41, 5.74) is 1.28. The smallest absolute Gasteiger partial charge is 0.256 e. The van der Waals surface area contributed by atoms with Crippen LogP contribution >= 0.6 is 0 Å². The van der Waals surface area contributed by atoms with Crippen LogP contribution in [0.2, 0.25) is 0 Å². The van der Waals surface area contributed by atoms with E-state index in [9.17, 15) is 14.4 Å². The average Bonchev–Trinajstić information content (AvgIpc) is 3.58. The number of hydrogen-bond donors (Lipinski definition) is 1. The van der Waals surface area contributed by atoms with Gasteiger partial charge in [0.1, 0.15) is 11.8 Å². The van der Waals surface area contributed by atoms with Crippen LogP contribution in [0.1, 0.15) is 52.0 Å². The van der Waals surface area contributed by atoms with Gasteiger partial charge in [-0.05, 0) is 43.5 Å². The van der Waals surface area contributed by atoms with Crippen LogP contribution in [0, 0.1) is 6.92 Å². The molecule has 172 valence electrons. The van der Waals surface area contributed by atoms with Crippen molar-refractivity contribution in [3.63, 3.8) is 0 Å². The topological polar surface area (TPSA) is 79.0 Å². The number of likely N-dealkylation sites (tertiary alicyclic amines) is 1. The molecule has 0 aromatic heterocycles. The number of rotatable bonds is 4. The Hall–Kier alpha value is -3.19. The van der Waals surface area contributed by atoms with E-state index < -0.39 is 11.8 Å². The molecular formula is C26H29N3O4. The Morgan fingerprint density at radius 3 is 2.27 bits per heavy atom. The van der Waals surface area contributed by atoms with Crippen molar-refractivity contribution in [2.45, 2.75) is 50.4 Å². The quantitative estimate of drug-likeness (QED) is 0.782. The minimum atomic E-state index is -0.888. The van der Waals surface area contributed by atoms with Gasteiger partial charge in [-0.15, -0.1) is 0 Å². The first-order valence-corrected chi connectivity index (χ1v) is 11.7. The van der Waals surface area contributed by atoms with E-state index in [-0.39, 0.29) is 30.4 Å². The lowest BCUT2D eigenvalue weighted by Gasteiger charge is -2.44. The first kappa shape index (κ1) is 21.6. The third-order valence-corrected chi connectivity index (χ3v) is 6.93. The summed E-state index contributed by atoms with van der Waals surface area (Å²) in [6.07, 6.45) is 2.90. The second-order valence-corrected chi connectivity index (χ2v) is 9.20. The summed E-state index contributed by atoms with van der Waals surface area (Å²) >= 11 is 0. The van der Waals surface area contributed by atoms with Gasteiger partial charge in [-0.25, -0.2) is 0 Å². The number of nitrogens with zero attached hydrogens (tertiary/aromatic N) is 2. The number of ether oxygens (including phenoxy) is 1. The lowest BCUT2D eigenvalue weighted by Crippen LogP contribution is -2.60. The molecule has 5 rings (SSSR count). The zero-order valence-electron chi connectivity index (χ0n) is 18.8. The van der Waals surface area contributed by atoms with E-state index in [1.807, 2.05) is 54.3 Å². The molecule has 1 N–H and O–H groups in total. The van der Waals surface area contributed by atoms with Gasteiger partial charge in [0, 0.05) is 43.1 Å². The van der Waals surface area contributed by atoms with Crippen molar-refractivity contribution in [1.82, 2.24) is 15.1 Å².